The molecule has 6 heteroatoms. The minimum atomic E-state index is -4.87. The normalized spacial score (nSPS) is 29.7. The lowest BCUT2D eigenvalue weighted by Crippen LogP contribution is -2.49. The van der Waals surface area contributed by atoms with Crippen molar-refractivity contribution >= 4 is 5.97 Å². The number of nitrogens with zero attached hydrogens (tertiary/aromatic N) is 1. The SMILES string of the molecule is O=C(OC[C@@H]1CCCN2CCCC[C@@H]12)C(F)(F)F. The molecule has 2 atom stereocenters. The minimum Gasteiger partial charge on any atom is -0.459 e. The molecule has 0 N–H and O–H groups in total. The fourth-order valence-electron chi connectivity index (χ4n) is 3.04. The van der Waals surface area contributed by atoms with Crippen molar-refractivity contribution in [1.82, 2.24) is 4.90 Å². The van der Waals surface area contributed by atoms with Gasteiger partial charge in [0.25, 0.3) is 0 Å². The number of carbonyl (C=O) groups excluding carboxylic acids is 1. The standard InChI is InChI=1S/C12H18F3NO2/c13-12(14,15)11(17)18-8-9-4-3-7-16-6-2-1-5-10(9)16/h9-10H,1-8H2/t9-,10-/m0/s1. The van der Waals surface area contributed by atoms with Crippen molar-refractivity contribution in [3.05, 3.63) is 0 Å². The van der Waals surface area contributed by atoms with Crippen molar-refractivity contribution in [3.8, 4) is 0 Å². The zero-order valence-corrected chi connectivity index (χ0v) is 10.2. The number of piperidine rings is 2. The molecule has 2 fully saturated rings. The van der Waals surface area contributed by atoms with Crippen LogP contribution in [-0.4, -0.2) is 42.8 Å². The minimum absolute atomic E-state index is 0.0605. The second kappa shape index (κ2) is 5.47. The zero-order chi connectivity index (χ0) is 13.2. The molecule has 0 aromatic heterocycles. The van der Waals surface area contributed by atoms with Gasteiger partial charge in [-0.3, -0.25) is 4.90 Å². The van der Waals surface area contributed by atoms with Gasteiger partial charge in [0.1, 0.15) is 0 Å². The van der Waals surface area contributed by atoms with Gasteiger partial charge < -0.3 is 4.74 Å². The van der Waals surface area contributed by atoms with Crippen LogP contribution in [0.25, 0.3) is 0 Å². The Bertz CT molecular complexity index is 304. The van der Waals surface area contributed by atoms with Gasteiger partial charge in [0, 0.05) is 12.0 Å². The molecule has 0 aliphatic carbocycles. The number of hydrogen-bond donors (Lipinski definition) is 0. The summed E-state index contributed by atoms with van der Waals surface area (Å²) in [6.07, 6.45) is 0.239. The summed E-state index contributed by atoms with van der Waals surface area (Å²) in [6, 6.07) is 0.300. The zero-order valence-electron chi connectivity index (χ0n) is 10.2. The fraction of sp³-hybridized carbons (Fsp3) is 0.917. The first-order valence-corrected chi connectivity index (χ1v) is 6.46. The maximum absolute atomic E-state index is 12.1. The Morgan fingerprint density at radius 3 is 2.61 bits per heavy atom. The molecule has 0 bridgehead atoms. The summed E-state index contributed by atoms with van der Waals surface area (Å²) in [5.74, 6) is -2.00. The van der Waals surface area contributed by atoms with Gasteiger partial charge in [0.05, 0.1) is 6.61 Å². The molecule has 0 spiro atoms. The third-order valence-corrected chi connectivity index (χ3v) is 3.89. The van der Waals surface area contributed by atoms with Gasteiger partial charge in [-0.25, -0.2) is 4.79 Å². The Balaban J connectivity index is 1.86. The van der Waals surface area contributed by atoms with Crippen LogP contribution in [0.5, 0.6) is 0 Å². The average molecular weight is 265 g/mol. The number of esters is 1. The largest absolute Gasteiger partial charge is 0.490 e. The monoisotopic (exact) mass is 265 g/mol. The lowest BCUT2D eigenvalue weighted by atomic mass is 9.84. The number of rotatable bonds is 2. The summed E-state index contributed by atoms with van der Waals surface area (Å²) >= 11 is 0. The summed E-state index contributed by atoms with van der Waals surface area (Å²) < 4.78 is 40.6. The Morgan fingerprint density at radius 2 is 1.89 bits per heavy atom. The highest BCUT2D eigenvalue weighted by molar-refractivity contribution is 5.75. The molecule has 0 amide bonds. The van der Waals surface area contributed by atoms with Gasteiger partial charge in [0.2, 0.25) is 0 Å². The second-order valence-electron chi connectivity index (χ2n) is 5.10. The van der Waals surface area contributed by atoms with Gasteiger partial charge in [-0.1, -0.05) is 6.42 Å². The Hall–Kier alpha value is -0.780. The smallest absolute Gasteiger partial charge is 0.459 e. The average Bonchev–Trinajstić information content (AvgIpc) is 2.34. The first-order chi connectivity index (χ1) is 8.48. The lowest BCUT2D eigenvalue weighted by Gasteiger charge is -2.44. The van der Waals surface area contributed by atoms with Crippen LogP contribution in [0.3, 0.4) is 0 Å². The molecule has 0 aromatic carbocycles. The van der Waals surface area contributed by atoms with Crippen LogP contribution in [-0.2, 0) is 9.53 Å². The molecule has 104 valence electrons. The first kappa shape index (κ1) is 13.6. The number of carbonyl (C=O) groups is 1. The van der Waals surface area contributed by atoms with Crippen molar-refractivity contribution in [3.63, 3.8) is 0 Å². The highest BCUT2D eigenvalue weighted by Gasteiger charge is 2.42. The van der Waals surface area contributed by atoms with Gasteiger partial charge in [-0.15, -0.1) is 0 Å². The fourth-order valence-corrected chi connectivity index (χ4v) is 3.04. The Morgan fingerprint density at radius 1 is 1.17 bits per heavy atom. The molecule has 2 aliphatic heterocycles. The third kappa shape index (κ3) is 3.16. The van der Waals surface area contributed by atoms with E-state index in [0.717, 1.165) is 45.2 Å². The predicted molar refractivity (Wildman–Crippen MR) is 59.0 cm³/mol. The maximum atomic E-state index is 12.1. The van der Waals surface area contributed by atoms with Gasteiger partial charge >= 0.3 is 12.1 Å². The highest BCUT2D eigenvalue weighted by atomic mass is 19.4. The van der Waals surface area contributed by atoms with E-state index in [1.807, 2.05) is 0 Å². The number of alkyl halides is 3. The van der Waals surface area contributed by atoms with E-state index in [1.165, 1.54) is 0 Å². The molecule has 0 aromatic rings. The summed E-state index contributed by atoms with van der Waals surface area (Å²) in [5, 5.41) is 0. The molecule has 0 radical (unpaired) electrons. The number of hydrogen-bond acceptors (Lipinski definition) is 3. The molecule has 2 heterocycles. The van der Waals surface area contributed by atoms with E-state index >= 15 is 0 Å². The highest BCUT2D eigenvalue weighted by Crippen LogP contribution is 2.31. The van der Waals surface area contributed by atoms with Crippen molar-refractivity contribution in [2.45, 2.75) is 44.3 Å². The summed E-state index contributed by atoms with van der Waals surface area (Å²) in [5.41, 5.74) is 0. The van der Waals surface area contributed by atoms with E-state index in [9.17, 15) is 18.0 Å². The van der Waals surface area contributed by atoms with Gasteiger partial charge in [-0.05, 0) is 38.8 Å². The van der Waals surface area contributed by atoms with Crippen LogP contribution in [0.2, 0.25) is 0 Å². The summed E-state index contributed by atoms with van der Waals surface area (Å²) in [6.45, 7) is 1.95. The maximum Gasteiger partial charge on any atom is 0.490 e. The second-order valence-corrected chi connectivity index (χ2v) is 5.10. The molecular weight excluding hydrogens is 247 g/mol. The Kier molecular flexibility index (Phi) is 4.14. The Labute approximate surface area is 104 Å². The number of halogens is 3. The van der Waals surface area contributed by atoms with E-state index in [-0.39, 0.29) is 12.5 Å². The molecule has 3 nitrogen and oxygen atoms in total. The van der Waals surface area contributed by atoms with E-state index in [1.54, 1.807) is 0 Å². The summed E-state index contributed by atoms with van der Waals surface area (Å²) in [4.78, 5) is 13.0. The van der Waals surface area contributed by atoms with Crippen molar-refractivity contribution in [1.29, 1.82) is 0 Å². The topological polar surface area (TPSA) is 29.5 Å². The van der Waals surface area contributed by atoms with Gasteiger partial charge in [0.15, 0.2) is 0 Å². The number of ether oxygens (including phenoxy) is 1. The van der Waals surface area contributed by atoms with Crippen LogP contribution >= 0.6 is 0 Å². The molecule has 0 unspecified atom stereocenters. The van der Waals surface area contributed by atoms with Gasteiger partial charge in [-0.2, -0.15) is 13.2 Å². The molecule has 2 aliphatic rings. The molecule has 0 saturated carbocycles. The van der Waals surface area contributed by atoms with Crippen LogP contribution in [0.4, 0.5) is 13.2 Å². The van der Waals surface area contributed by atoms with Crippen LogP contribution < -0.4 is 0 Å². The van der Waals surface area contributed by atoms with Crippen molar-refractivity contribution < 1.29 is 22.7 Å². The first-order valence-electron chi connectivity index (χ1n) is 6.46. The van der Waals surface area contributed by atoms with Crippen LogP contribution in [0.1, 0.15) is 32.1 Å². The van der Waals surface area contributed by atoms with E-state index in [0.29, 0.717) is 6.04 Å². The van der Waals surface area contributed by atoms with Crippen molar-refractivity contribution in [2.24, 2.45) is 5.92 Å². The predicted octanol–water partition coefficient (Wildman–Crippen LogP) is 2.36. The third-order valence-electron chi connectivity index (χ3n) is 3.89. The number of fused-ring (bicyclic) bond motifs is 1. The van der Waals surface area contributed by atoms with Crippen LogP contribution in [0.15, 0.2) is 0 Å². The molecule has 2 rings (SSSR count). The summed E-state index contributed by atoms with van der Waals surface area (Å²) in [7, 11) is 0. The molecule has 18 heavy (non-hydrogen) atoms. The van der Waals surface area contributed by atoms with E-state index in [2.05, 4.69) is 9.64 Å². The van der Waals surface area contributed by atoms with E-state index in [4.69, 9.17) is 0 Å². The quantitative estimate of drug-likeness (QED) is 0.718. The van der Waals surface area contributed by atoms with Crippen LogP contribution in [0, 0.1) is 5.92 Å². The van der Waals surface area contributed by atoms with Crippen molar-refractivity contribution in [2.75, 3.05) is 19.7 Å². The van der Waals surface area contributed by atoms with E-state index < -0.39 is 12.1 Å². The lowest BCUT2D eigenvalue weighted by molar-refractivity contribution is -0.202. The molecule has 2 saturated heterocycles. The molecular formula is C12H18F3NO2.